The number of hydrogen-bond donors (Lipinski definition) is 1. The number of carbonyl (C=O) groups excluding carboxylic acids is 1. The molecule has 0 aromatic carbocycles. The van der Waals surface area contributed by atoms with E-state index in [2.05, 4.69) is 10.3 Å². The van der Waals surface area contributed by atoms with Gasteiger partial charge in [0.25, 0.3) is 0 Å². The van der Waals surface area contributed by atoms with E-state index >= 15 is 0 Å². The van der Waals surface area contributed by atoms with Crippen molar-refractivity contribution in [2.24, 2.45) is 0 Å². The molecule has 2 amide bonds. The van der Waals surface area contributed by atoms with Gasteiger partial charge in [-0.2, -0.15) is 0 Å². The van der Waals surface area contributed by atoms with Gasteiger partial charge in [-0.25, -0.2) is 4.79 Å². The van der Waals surface area contributed by atoms with Crippen molar-refractivity contribution >= 4 is 6.03 Å². The van der Waals surface area contributed by atoms with E-state index in [0.29, 0.717) is 13.2 Å². The zero-order valence-corrected chi connectivity index (χ0v) is 13.0. The Hall–Kier alpha value is -1.62. The highest BCUT2D eigenvalue weighted by atomic mass is 16.5. The lowest BCUT2D eigenvalue weighted by Crippen LogP contribution is -2.51. The molecule has 112 valence electrons. The van der Waals surface area contributed by atoms with E-state index < -0.39 is 5.54 Å². The Labute approximate surface area is 121 Å². The van der Waals surface area contributed by atoms with Crippen molar-refractivity contribution in [1.82, 2.24) is 15.2 Å². The Balaban J connectivity index is 2.63. The van der Waals surface area contributed by atoms with Crippen LogP contribution in [0.2, 0.25) is 0 Å². The Kier molecular flexibility index (Phi) is 5.95. The van der Waals surface area contributed by atoms with Gasteiger partial charge in [0.1, 0.15) is 0 Å². The standard InChI is InChI=1S/C15H25N3O2/c1-6-20-11-15(3,4)17-14(19)18(5)12(2)13-8-7-9-16-10-13/h7-10,12H,6,11H2,1-5H3,(H,17,19). The maximum Gasteiger partial charge on any atom is 0.318 e. The fraction of sp³-hybridized carbons (Fsp3) is 0.600. The van der Waals surface area contributed by atoms with E-state index in [0.717, 1.165) is 5.56 Å². The molecule has 0 aliphatic rings. The SMILES string of the molecule is CCOCC(C)(C)NC(=O)N(C)C(C)c1cccnc1. The first kappa shape index (κ1) is 16.4. The maximum absolute atomic E-state index is 12.3. The van der Waals surface area contributed by atoms with Crippen LogP contribution in [0.1, 0.15) is 39.3 Å². The van der Waals surface area contributed by atoms with Gasteiger partial charge in [0, 0.05) is 26.0 Å². The number of aromatic nitrogens is 1. The lowest BCUT2D eigenvalue weighted by Gasteiger charge is -2.31. The Morgan fingerprint density at radius 2 is 2.25 bits per heavy atom. The van der Waals surface area contributed by atoms with Gasteiger partial charge in [-0.1, -0.05) is 6.07 Å². The average molecular weight is 279 g/mol. The summed E-state index contributed by atoms with van der Waals surface area (Å²) < 4.78 is 5.38. The third-order valence-corrected chi connectivity index (χ3v) is 3.18. The van der Waals surface area contributed by atoms with E-state index in [1.807, 2.05) is 39.8 Å². The molecule has 5 heteroatoms. The molecule has 5 nitrogen and oxygen atoms in total. The van der Waals surface area contributed by atoms with Gasteiger partial charge < -0.3 is 15.0 Å². The van der Waals surface area contributed by atoms with Crippen molar-refractivity contribution in [2.75, 3.05) is 20.3 Å². The summed E-state index contributed by atoms with van der Waals surface area (Å²) in [5, 5.41) is 2.98. The lowest BCUT2D eigenvalue weighted by molar-refractivity contribution is 0.0905. The van der Waals surface area contributed by atoms with E-state index in [1.165, 1.54) is 0 Å². The largest absolute Gasteiger partial charge is 0.379 e. The number of pyridine rings is 1. The number of hydrogen-bond acceptors (Lipinski definition) is 3. The quantitative estimate of drug-likeness (QED) is 0.871. The summed E-state index contributed by atoms with van der Waals surface area (Å²) in [6.45, 7) is 8.94. The molecule has 1 aromatic heterocycles. The Bertz CT molecular complexity index is 420. The molecule has 0 saturated heterocycles. The highest BCUT2D eigenvalue weighted by Gasteiger charge is 2.25. The third kappa shape index (κ3) is 4.81. The molecule has 1 N–H and O–H groups in total. The fourth-order valence-electron chi connectivity index (χ4n) is 1.79. The van der Waals surface area contributed by atoms with Crippen LogP contribution in [0.4, 0.5) is 4.79 Å². The molecular formula is C15H25N3O2. The smallest absolute Gasteiger partial charge is 0.318 e. The summed E-state index contributed by atoms with van der Waals surface area (Å²) in [7, 11) is 1.78. The van der Waals surface area contributed by atoms with E-state index in [4.69, 9.17) is 4.74 Å². The number of carbonyl (C=O) groups is 1. The van der Waals surface area contributed by atoms with Gasteiger partial charge in [-0.05, 0) is 39.3 Å². The van der Waals surface area contributed by atoms with Crippen molar-refractivity contribution in [2.45, 2.75) is 39.3 Å². The monoisotopic (exact) mass is 279 g/mol. The van der Waals surface area contributed by atoms with Crippen LogP contribution in [0, 0.1) is 0 Å². The summed E-state index contributed by atoms with van der Waals surface area (Å²) in [6, 6.07) is 3.68. The second-order valence-electron chi connectivity index (χ2n) is 5.52. The van der Waals surface area contributed by atoms with Crippen molar-refractivity contribution in [1.29, 1.82) is 0 Å². The zero-order valence-electron chi connectivity index (χ0n) is 13.0. The second kappa shape index (κ2) is 7.24. The Morgan fingerprint density at radius 1 is 1.55 bits per heavy atom. The molecule has 1 aromatic rings. The van der Waals surface area contributed by atoms with E-state index in [9.17, 15) is 4.79 Å². The normalized spacial score (nSPS) is 12.8. The highest BCUT2D eigenvalue weighted by Crippen LogP contribution is 2.18. The van der Waals surface area contributed by atoms with Crippen LogP contribution in [0.15, 0.2) is 24.5 Å². The van der Waals surface area contributed by atoms with Crippen LogP contribution in [-0.4, -0.2) is 41.7 Å². The molecule has 1 rings (SSSR count). The predicted molar refractivity (Wildman–Crippen MR) is 79.5 cm³/mol. The Morgan fingerprint density at radius 3 is 2.80 bits per heavy atom. The molecule has 20 heavy (non-hydrogen) atoms. The van der Waals surface area contributed by atoms with Crippen LogP contribution >= 0.6 is 0 Å². The minimum Gasteiger partial charge on any atom is -0.379 e. The molecular weight excluding hydrogens is 254 g/mol. The first-order valence-electron chi connectivity index (χ1n) is 6.90. The molecule has 0 radical (unpaired) electrons. The first-order chi connectivity index (χ1) is 9.37. The maximum atomic E-state index is 12.3. The molecule has 0 saturated carbocycles. The summed E-state index contributed by atoms with van der Waals surface area (Å²) in [6.07, 6.45) is 3.50. The van der Waals surface area contributed by atoms with Crippen molar-refractivity contribution in [3.05, 3.63) is 30.1 Å². The number of rotatable bonds is 6. The number of nitrogens with zero attached hydrogens (tertiary/aromatic N) is 2. The second-order valence-corrected chi connectivity index (χ2v) is 5.52. The number of amides is 2. The van der Waals surface area contributed by atoms with Gasteiger partial charge in [0.2, 0.25) is 0 Å². The topological polar surface area (TPSA) is 54.5 Å². The van der Waals surface area contributed by atoms with Crippen LogP contribution in [-0.2, 0) is 4.74 Å². The minimum atomic E-state index is -0.393. The predicted octanol–water partition coefficient (Wildman–Crippen LogP) is 2.60. The molecule has 0 fully saturated rings. The number of nitrogens with one attached hydrogen (secondary N) is 1. The summed E-state index contributed by atoms with van der Waals surface area (Å²) >= 11 is 0. The molecule has 0 aliphatic heterocycles. The van der Waals surface area contributed by atoms with Gasteiger partial charge in [0.15, 0.2) is 0 Å². The van der Waals surface area contributed by atoms with E-state index in [1.54, 1.807) is 24.3 Å². The van der Waals surface area contributed by atoms with Gasteiger partial charge in [-0.15, -0.1) is 0 Å². The van der Waals surface area contributed by atoms with E-state index in [-0.39, 0.29) is 12.1 Å². The summed E-state index contributed by atoms with van der Waals surface area (Å²) in [4.78, 5) is 18.0. The number of urea groups is 1. The fourth-order valence-corrected chi connectivity index (χ4v) is 1.79. The molecule has 0 bridgehead atoms. The summed E-state index contributed by atoms with van der Waals surface area (Å²) in [5.41, 5.74) is 0.614. The lowest BCUT2D eigenvalue weighted by atomic mass is 10.1. The van der Waals surface area contributed by atoms with Crippen LogP contribution in [0.3, 0.4) is 0 Å². The zero-order chi connectivity index (χ0) is 15.2. The molecule has 1 unspecified atom stereocenters. The van der Waals surface area contributed by atoms with Crippen molar-refractivity contribution in [3.8, 4) is 0 Å². The third-order valence-electron chi connectivity index (χ3n) is 3.18. The van der Waals surface area contributed by atoms with Crippen molar-refractivity contribution < 1.29 is 9.53 Å². The van der Waals surface area contributed by atoms with Crippen LogP contribution < -0.4 is 5.32 Å². The van der Waals surface area contributed by atoms with Crippen molar-refractivity contribution in [3.63, 3.8) is 0 Å². The first-order valence-corrected chi connectivity index (χ1v) is 6.90. The summed E-state index contributed by atoms with van der Waals surface area (Å²) in [5.74, 6) is 0. The van der Waals surface area contributed by atoms with Gasteiger partial charge in [-0.3, -0.25) is 4.98 Å². The highest BCUT2D eigenvalue weighted by molar-refractivity contribution is 5.75. The van der Waals surface area contributed by atoms with Gasteiger partial charge >= 0.3 is 6.03 Å². The molecule has 0 spiro atoms. The number of ether oxygens (including phenoxy) is 1. The van der Waals surface area contributed by atoms with Crippen LogP contribution in [0.5, 0.6) is 0 Å². The molecule has 0 aliphatic carbocycles. The average Bonchev–Trinajstić information content (AvgIpc) is 2.44. The van der Waals surface area contributed by atoms with Gasteiger partial charge in [0.05, 0.1) is 18.2 Å². The molecule has 1 heterocycles. The minimum absolute atomic E-state index is 0.0356. The van der Waals surface area contributed by atoms with Crippen LogP contribution in [0.25, 0.3) is 0 Å². The molecule has 1 atom stereocenters.